The Balaban J connectivity index is 2.16. The molecule has 0 unspecified atom stereocenters. The first-order valence-corrected chi connectivity index (χ1v) is 5.38. The summed E-state index contributed by atoms with van der Waals surface area (Å²) in [5.41, 5.74) is 1.34. The third kappa shape index (κ3) is 2.57. The van der Waals surface area contributed by atoms with Gasteiger partial charge in [0.25, 0.3) is 0 Å². The summed E-state index contributed by atoms with van der Waals surface area (Å²) >= 11 is 0. The zero-order valence-corrected chi connectivity index (χ0v) is 8.87. The SMILES string of the molecule is [CH2]CCNCc1ccc2ccccc2c1. The summed E-state index contributed by atoms with van der Waals surface area (Å²) in [5, 5.41) is 5.97. The van der Waals surface area contributed by atoms with Gasteiger partial charge in [0.15, 0.2) is 0 Å². The number of fused-ring (bicyclic) bond motifs is 1. The van der Waals surface area contributed by atoms with Crippen LogP contribution in [0.15, 0.2) is 42.5 Å². The summed E-state index contributed by atoms with van der Waals surface area (Å²) in [6.45, 7) is 5.71. The molecule has 1 heteroatoms. The van der Waals surface area contributed by atoms with Crippen LogP contribution in [-0.4, -0.2) is 6.54 Å². The molecule has 0 heterocycles. The molecule has 0 aliphatic heterocycles. The molecule has 0 fully saturated rings. The number of rotatable bonds is 4. The maximum atomic E-state index is 3.80. The van der Waals surface area contributed by atoms with E-state index in [1.54, 1.807) is 0 Å². The van der Waals surface area contributed by atoms with E-state index in [0.717, 1.165) is 19.5 Å². The highest BCUT2D eigenvalue weighted by molar-refractivity contribution is 5.82. The van der Waals surface area contributed by atoms with Gasteiger partial charge < -0.3 is 5.32 Å². The Hall–Kier alpha value is -1.34. The quantitative estimate of drug-likeness (QED) is 0.744. The van der Waals surface area contributed by atoms with Crippen LogP contribution in [0.25, 0.3) is 10.8 Å². The van der Waals surface area contributed by atoms with Gasteiger partial charge in [-0.25, -0.2) is 0 Å². The largest absolute Gasteiger partial charge is 0.313 e. The first kappa shape index (κ1) is 10.2. The zero-order chi connectivity index (χ0) is 10.5. The fourth-order valence-electron chi connectivity index (χ4n) is 1.71. The van der Waals surface area contributed by atoms with Crippen LogP contribution in [-0.2, 0) is 6.54 Å². The number of benzene rings is 2. The molecule has 0 saturated carbocycles. The molecular formula is C14H16N. The van der Waals surface area contributed by atoms with E-state index in [0.29, 0.717) is 0 Å². The first-order valence-electron chi connectivity index (χ1n) is 5.38. The lowest BCUT2D eigenvalue weighted by Crippen LogP contribution is -2.13. The van der Waals surface area contributed by atoms with Crippen molar-refractivity contribution in [3.8, 4) is 0 Å². The van der Waals surface area contributed by atoms with E-state index in [-0.39, 0.29) is 0 Å². The average Bonchev–Trinajstić information content (AvgIpc) is 2.29. The molecular weight excluding hydrogens is 182 g/mol. The summed E-state index contributed by atoms with van der Waals surface area (Å²) in [6.07, 6.45) is 0.938. The van der Waals surface area contributed by atoms with Gasteiger partial charge in [0.1, 0.15) is 0 Å². The van der Waals surface area contributed by atoms with Crippen LogP contribution >= 0.6 is 0 Å². The van der Waals surface area contributed by atoms with Gasteiger partial charge in [-0.1, -0.05) is 43.3 Å². The van der Waals surface area contributed by atoms with Crippen LogP contribution in [0.5, 0.6) is 0 Å². The van der Waals surface area contributed by atoms with E-state index in [9.17, 15) is 0 Å². The molecule has 0 aromatic heterocycles. The smallest absolute Gasteiger partial charge is 0.0205 e. The minimum Gasteiger partial charge on any atom is -0.313 e. The molecule has 0 atom stereocenters. The van der Waals surface area contributed by atoms with Crippen LogP contribution < -0.4 is 5.32 Å². The average molecular weight is 198 g/mol. The Morgan fingerprint density at radius 1 is 1.00 bits per heavy atom. The molecule has 0 bridgehead atoms. The molecule has 0 amide bonds. The number of hydrogen-bond acceptors (Lipinski definition) is 1. The van der Waals surface area contributed by atoms with Gasteiger partial charge in [-0.3, -0.25) is 0 Å². The second-order valence-electron chi connectivity index (χ2n) is 3.71. The highest BCUT2D eigenvalue weighted by Gasteiger charge is 1.95. The summed E-state index contributed by atoms with van der Waals surface area (Å²) in [5.74, 6) is 0. The lowest BCUT2D eigenvalue weighted by Gasteiger charge is -2.04. The lowest BCUT2D eigenvalue weighted by molar-refractivity contribution is 0.695. The van der Waals surface area contributed by atoms with Crippen molar-refractivity contribution in [1.29, 1.82) is 0 Å². The topological polar surface area (TPSA) is 12.0 Å². The van der Waals surface area contributed by atoms with Crippen LogP contribution in [0.4, 0.5) is 0 Å². The van der Waals surface area contributed by atoms with Gasteiger partial charge >= 0.3 is 0 Å². The van der Waals surface area contributed by atoms with Crippen molar-refractivity contribution in [2.24, 2.45) is 0 Å². The van der Waals surface area contributed by atoms with E-state index >= 15 is 0 Å². The van der Waals surface area contributed by atoms with Gasteiger partial charge in [-0.05, 0) is 35.4 Å². The third-order valence-corrected chi connectivity index (χ3v) is 2.50. The number of hydrogen-bond donors (Lipinski definition) is 1. The van der Waals surface area contributed by atoms with E-state index in [1.807, 2.05) is 0 Å². The standard InChI is InChI=1S/C14H16N/c1-2-9-15-11-12-7-8-13-5-3-4-6-14(13)10-12/h3-8,10,15H,1-2,9,11H2. The van der Waals surface area contributed by atoms with Gasteiger partial charge in [-0.2, -0.15) is 0 Å². The second-order valence-corrected chi connectivity index (χ2v) is 3.71. The Kier molecular flexibility index (Phi) is 3.36. The van der Waals surface area contributed by atoms with Gasteiger partial charge in [-0.15, -0.1) is 0 Å². The molecule has 0 saturated heterocycles. The third-order valence-electron chi connectivity index (χ3n) is 2.50. The highest BCUT2D eigenvalue weighted by atomic mass is 14.8. The predicted molar refractivity (Wildman–Crippen MR) is 65.6 cm³/mol. The summed E-state index contributed by atoms with van der Waals surface area (Å²) in [7, 11) is 0. The van der Waals surface area contributed by atoms with Crippen molar-refractivity contribution in [3.63, 3.8) is 0 Å². The molecule has 2 aromatic carbocycles. The highest BCUT2D eigenvalue weighted by Crippen LogP contribution is 2.15. The van der Waals surface area contributed by atoms with Gasteiger partial charge in [0.05, 0.1) is 0 Å². The van der Waals surface area contributed by atoms with Crippen molar-refractivity contribution < 1.29 is 0 Å². The molecule has 1 N–H and O–H groups in total. The summed E-state index contributed by atoms with van der Waals surface area (Å²) < 4.78 is 0. The predicted octanol–water partition coefficient (Wildman–Crippen LogP) is 3.15. The Labute approximate surface area is 91.1 Å². The van der Waals surface area contributed by atoms with Crippen LogP contribution in [0.1, 0.15) is 12.0 Å². The van der Waals surface area contributed by atoms with Gasteiger partial charge in [0.2, 0.25) is 0 Å². The fourth-order valence-corrected chi connectivity index (χ4v) is 1.71. The van der Waals surface area contributed by atoms with Crippen molar-refractivity contribution in [2.45, 2.75) is 13.0 Å². The zero-order valence-electron chi connectivity index (χ0n) is 8.87. The molecule has 0 aliphatic carbocycles. The normalized spacial score (nSPS) is 10.7. The van der Waals surface area contributed by atoms with E-state index in [2.05, 4.69) is 54.7 Å². The van der Waals surface area contributed by atoms with E-state index in [1.165, 1.54) is 16.3 Å². The van der Waals surface area contributed by atoms with Crippen molar-refractivity contribution in [3.05, 3.63) is 55.0 Å². The van der Waals surface area contributed by atoms with Gasteiger partial charge in [0, 0.05) is 6.54 Å². The van der Waals surface area contributed by atoms with E-state index in [4.69, 9.17) is 0 Å². The van der Waals surface area contributed by atoms with Crippen molar-refractivity contribution >= 4 is 10.8 Å². The minimum absolute atomic E-state index is 0.931. The Bertz CT molecular complexity index is 434. The monoisotopic (exact) mass is 198 g/mol. The van der Waals surface area contributed by atoms with E-state index < -0.39 is 0 Å². The van der Waals surface area contributed by atoms with Crippen LogP contribution in [0.2, 0.25) is 0 Å². The van der Waals surface area contributed by atoms with Crippen molar-refractivity contribution in [1.82, 2.24) is 5.32 Å². The molecule has 2 aromatic rings. The molecule has 15 heavy (non-hydrogen) atoms. The minimum atomic E-state index is 0.931. The molecule has 1 nitrogen and oxygen atoms in total. The molecule has 0 aliphatic rings. The maximum Gasteiger partial charge on any atom is 0.0205 e. The van der Waals surface area contributed by atoms with Crippen LogP contribution in [0, 0.1) is 6.92 Å². The lowest BCUT2D eigenvalue weighted by atomic mass is 10.1. The Morgan fingerprint density at radius 2 is 1.80 bits per heavy atom. The maximum absolute atomic E-state index is 3.80. The summed E-state index contributed by atoms with van der Waals surface area (Å²) in [4.78, 5) is 0. The molecule has 0 spiro atoms. The number of nitrogens with one attached hydrogen (secondary N) is 1. The van der Waals surface area contributed by atoms with Crippen LogP contribution in [0.3, 0.4) is 0 Å². The fraction of sp³-hybridized carbons (Fsp3) is 0.214. The van der Waals surface area contributed by atoms with Crippen molar-refractivity contribution in [2.75, 3.05) is 6.54 Å². The first-order chi connectivity index (χ1) is 7.40. The molecule has 77 valence electrons. The molecule has 1 radical (unpaired) electrons. The Morgan fingerprint density at radius 3 is 2.60 bits per heavy atom. The second kappa shape index (κ2) is 4.94. The molecule has 2 rings (SSSR count). The summed E-state index contributed by atoms with van der Waals surface area (Å²) in [6, 6.07) is 15.0.